The molecule has 1 aromatic carbocycles. The summed E-state index contributed by atoms with van der Waals surface area (Å²) in [5, 5.41) is 3.22. The van der Waals surface area contributed by atoms with Gasteiger partial charge in [-0.1, -0.05) is 19.1 Å². The quantitative estimate of drug-likeness (QED) is 0.867. The zero-order valence-corrected chi connectivity index (χ0v) is 11.2. The van der Waals surface area contributed by atoms with Crippen molar-refractivity contribution in [2.75, 3.05) is 6.54 Å². The maximum atomic E-state index is 13.8. The van der Waals surface area contributed by atoms with Gasteiger partial charge < -0.3 is 14.5 Å². The number of nitrogens with one attached hydrogen (secondary N) is 1. The Balaban J connectivity index is 2.02. The number of benzene rings is 1. The molecular formula is C15H18FNO2. The molecule has 0 amide bonds. The monoisotopic (exact) mass is 263 g/mol. The Bertz CT molecular complexity index is 537. The Hall–Kier alpha value is -1.81. The molecule has 0 bridgehead atoms. The van der Waals surface area contributed by atoms with Crippen molar-refractivity contribution in [2.24, 2.45) is 0 Å². The first-order valence-electron chi connectivity index (χ1n) is 6.36. The number of halogens is 1. The summed E-state index contributed by atoms with van der Waals surface area (Å²) in [6.45, 7) is 5.60. The zero-order chi connectivity index (χ0) is 13.7. The molecule has 1 aromatic heterocycles. The highest BCUT2D eigenvalue weighted by Crippen LogP contribution is 2.21. The van der Waals surface area contributed by atoms with Crippen LogP contribution in [0.2, 0.25) is 0 Å². The summed E-state index contributed by atoms with van der Waals surface area (Å²) in [6, 6.07) is 7.00. The molecule has 4 heteroatoms. The number of rotatable bonds is 6. The molecule has 0 saturated heterocycles. The Kier molecular flexibility index (Phi) is 4.58. The second kappa shape index (κ2) is 6.38. The van der Waals surface area contributed by atoms with Gasteiger partial charge in [0.2, 0.25) is 0 Å². The lowest BCUT2D eigenvalue weighted by molar-refractivity contribution is 0.256. The summed E-state index contributed by atoms with van der Waals surface area (Å²) >= 11 is 0. The van der Waals surface area contributed by atoms with Crippen molar-refractivity contribution in [2.45, 2.75) is 27.0 Å². The number of hydrogen-bond acceptors (Lipinski definition) is 3. The van der Waals surface area contributed by atoms with Crippen LogP contribution >= 0.6 is 0 Å². The molecule has 0 aliphatic rings. The molecule has 0 aliphatic heterocycles. The fourth-order valence-corrected chi connectivity index (χ4v) is 1.79. The second-order valence-electron chi connectivity index (χ2n) is 4.33. The van der Waals surface area contributed by atoms with Gasteiger partial charge in [0.15, 0.2) is 11.6 Å². The van der Waals surface area contributed by atoms with Gasteiger partial charge >= 0.3 is 0 Å². The van der Waals surface area contributed by atoms with E-state index in [9.17, 15) is 4.39 Å². The van der Waals surface area contributed by atoms with Crippen LogP contribution in [0.4, 0.5) is 4.39 Å². The van der Waals surface area contributed by atoms with Crippen LogP contribution in [0.15, 0.2) is 34.9 Å². The molecular weight excluding hydrogens is 245 g/mol. The number of hydrogen-bond donors (Lipinski definition) is 1. The second-order valence-corrected chi connectivity index (χ2v) is 4.33. The highest BCUT2D eigenvalue weighted by Gasteiger charge is 2.10. The van der Waals surface area contributed by atoms with Gasteiger partial charge in [-0.15, -0.1) is 0 Å². The third-order valence-electron chi connectivity index (χ3n) is 2.92. The molecule has 19 heavy (non-hydrogen) atoms. The van der Waals surface area contributed by atoms with E-state index in [-0.39, 0.29) is 18.2 Å². The van der Waals surface area contributed by atoms with Gasteiger partial charge in [-0.3, -0.25) is 0 Å². The van der Waals surface area contributed by atoms with Crippen molar-refractivity contribution in [1.82, 2.24) is 5.32 Å². The van der Waals surface area contributed by atoms with Crippen LogP contribution in [0, 0.1) is 12.7 Å². The number of furan rings is 1. The van der Waals surface area contributed by atoms with Gasteiger partial charge in [0.05, 0.1) is 6.26 Å². The lowest BCUT2D eigenvalue weighted by Crippen LogP contribution is -2.12. The van der Waals surface area contributed by atoms with E-state index in [1.807, 2.05) is 13.0 Å². The smallest absolute Gasteiger partial charge is 0.167 e. The summed E-state index contributed by atoms with van der Waals surface area (Å²) in [5.41, 5.74) is 1.61. The van der Waals surface area contributed by atoms with Crippen molar-refractivity contribution in [3.63, 3.8) is 0 Å². The van der Waals surface area contributed by atoms with Crippen LogP contribution < -0.4 is 10.1 Å². The van der Waals surface area contributed by atoms with E-state index in [0.717, 1.165) is 24.4 Å². The minimum atomic E-state index is -0.317. The van der Waals surface area contributed by atoms with E-state index in [1.54, 1.807) is 31.4 Å². The summed E-state index contributed by atoms with van der Waals surface area (Å²) < 4.78 is 24.6. The number of ether oxygens (including phenoxy) is 1. The predicted molar refractivity (Wildman–Crippen MR) is 71.6 cm³/mol. The standard InChI is InChI=1S/C15H18FNO2/c1-3-17-9-12-7-8-18-14(12)10-19-13-6-4-5-11(2)15(13)16/h4-8,17H,3,9-10H2,1-2H3. The van der Waals surface area contributed by atoms with Gasteiger partial charge in [-0.25, -0.2) is 4.39 Å². The SMILES string of the molecule is CCNCc1ccoc1COc1cccc(C)c1F. The van der Waals surface area contributed by atoms with E-state index >= 15 is 0 Å². The van der Waals surface area contributed by atoms with E-state index in [1.165, 1.54) is 0 Å². The fourth-order valence-electron chi connectivity index (χ4n) is 1.79. The van der Waals surface area contributed by atoms with Gasteiger partial charge in [-0.2, -0.15) is 0 Å². The first kappa shape index (κ1) is 13.6. The lowest BCUT2D eigenvalue weighted by atomic mass is 10.2. The van der Waals surface area contributed by atoms with Crippen LogP contribution in [0.25, 0.3) is 0 Å². The highest BCUT2D eigenvalue weighted by atomic mass is 19.1. The topological polar surface area (TPSA) is 34.4 Å². The molecule has 0 fully saturated rings. The van der Waals surface area contributed by atoms with Crippen LogP contribution in [-0.2, 0) is 13.2 Å². The normalized spacial score (nSPS) is 10.7. The van der Waals surface area contributed by atoms with E-state index < -0.39 is 0 Å². The molecule has 0 unspecified atom stereocenters. The van der Waals surface area contributed by atoms with E-state index in [4.69, 9.17) is 9.15 Å². The van der Waals surface area contributed by atoms with Crippen molar-refractivity contribution in [3.8, 4) is 5.75 Å². The predicted octanol–water partition coefficient (Wildman–Crippen LogP) is 3.42. The van der Waals surface area contributed by atoms with Crippen LogP contribution in [0.5, 0.6) is 5.75 Å². The van der Waals surface area contributed by atoms with Crippen LogP contribution in [0.1, 0.15) is 23.8 Å². The molecule has 1 heterocycles. The maximum absolute atomic E-state index is 13.8. The van der Waals surface area contributed by atoms with Crippen molar-refractivity contribution in [1.29, 1.82) is 0 Å². The molecule has 0 aliphatic carbocycles. The average Bonchev–Trinajstić information content (AvgIpc) is 2.85. The van der Waals surface area contributed by atoms with E-state index in [0.29, 0.717) is 5.56 Å². The van der Waals surface area contributed by atoms with Crippen LogP contribution in [-0.4, -0.2) is 6.54 Å². The Morgan fingerprint density at radius 3 is 2.95 bits per heavy atom. The van der Waals surface area contributed by atoms with Gasteiger partial charge in [0.25, 0.3) is 0 Å². The summed E-state index contributed by atoms with van der Waals surface area (Å²) in [7, 11) is 0. The summed E-state index contributed by atoms with van der Waals surface area (Å²) in [4.78, 5) is 0. The molecule has 0 atom stereocenters. The fraction of sp³-hybridized carbons (Fsp3) is 0.333. The third kappa shape index (κ3) is 3.35. The molecule has 0 spiro atoms. The molecule has 0 saturated carbocycles. The zero-order valence-electron chi connectivity index (χ0n) is 11.2. The van der Waals surface area contributed by atoms with Gasteiger partial charge in [0, 0.05) is 12.1 Å². The van der Waals surface area contributed by atoms with Crippen molar-refractivity contribution >= 4 is 0 Å². The molecule has 102 valence electrons. The minimum absolute atomic E-state index is 0.230. The van der Waals surface area contributed by atoms with E-state index in [2.05, 4.69) is 5.32 Å². The molecule has 2 aromatic rings. The van der Waals surface area contributed by atoms with Crippen molar-refractivity contribution < 1.29 is 13.5 Å². The molecule has 2 rings (SSSR count). The Labute approximate surface area is 112 Å². The summed E-state index contributed by atoms with van der Waals surface area (Å²) in [5.74, 6) is 0.662. The first-order valence-corrected chi connectivity index (χ1v) is 6.36. The molecule has 0 radical (unpaired) electrons. The first-order chi connectivity index (χ1) is 9.22. The van der Waals surface area contributed by atoms with Crippen LogP contribution in [0.3, 0.4) is 0 Å². The number of aryl methyl sites for hydroxylation is 1. The highest BCUT2D eigenvalue weighted by molar-refractivity contribution is 5.30. The molecule has 3 nitrogen and oxygen atoms in total. The Morgan fingerprint density at radius 2 is 2.16 bits per heavy atom. The summed E-state index contributed by atoms with van der Waals surface area (Å²) in [6.07, 6.45) is 1.62. The van der Waals surface area contributed by atoms with Crippen molar-refractivity contribution in [3.05, 3.63) is 53.2 Å². The minimum Gasteiger partial charge on any atom is -0.483 e. The average molecular weight is 263 g/mol. The Morgan fingerprint density at radius 1 is 1.32 bits per heavy atom. The largest absolute Gasteiger partial charge is 0.483 e. The molecule has 1 N–H and O–H groups in total. The van der Waals surface area contributed by atoms with Gasteiger partial charge in [0.1, 0.15) is 12.4 Å². The maximum Gasteiger partial charge on any atom is 0.167 e. The third-order valence-corrected chi connectivity index (χ3v) is 2.92. The lowest BCUT2D eigenvalue weighted by Gasteiger charge is -2.08. The van der Waals surface area contributed by atoms with Gasteiger partial charge in [-0.05, 0) is 31.2 Å².